The SMILES string of the molecule is Cn1ccnc1CCn1cnc(CNC2CC2)n1. The van der Waals surface area contributed by atoms with E-state index >= 15 is 0 Å². The molecule has 0 aliphatic heterocycles. The molecule has 0 unspecified atom stereocenters. The monoisotopic (exact) mass is 246 g/mol. The van der Waals surface area contributed by atoms with Crippen molar-refractivity contribution in [1.29, 1.82) is 0 Å². The van der Waals surface area contributed by atoms with E-state index < -0.39 is 0 Å². The van der Waals surface area contributed by atoms with Gasteiger partial charge in [0, 0.05) is 38.4 Å². The van der Waals surface area contributed by atoms with Crippen molar-refractivity contribution in [3.63, 3.8) is 0 Å². The van der Waals surface area contributed by atoms with E-state index in [0.29, 0.717) is 6.04 Å². The maximum atomic E-state index is 4.45. The summed E-state index contributed by atoms with van der Waals surface area (Å²) in [6, 6.07) is 0.699. The fourth-order valence-corrected chi connectivity index (χ4v) is 1.90. The molecule has 0 amide bonds. The van der Waals surface area contributed by atoms with Gasteiger partial charge in [0.2, 0.25) is 0 Å². The average Bonchev–Trinajstić information content (AvgIpc) is 2.94. The Morgan fingerprint density at radius 1 is 1.39 bits per heavy atom. The highest BCUT2D eigenvalue weighted by Crippen LogP contribution is 2.18. The van der Waals surface area contributed by atoms with Gasteiger partial charge in [0.1, 0.15) is 12.2 Å². The highest BCUT2D eigenvalue weighted by Gasteiger charge is 2.20. The second-order valence-corrected chi connectivity index (χ2v) is 4.78. The van der Waals surface area contributed by atoms with Crippen LogP contribution in [0.15, 0.2) is 18.7 Å². The fraction of sp³-hybridized carbons (Fsp3) is 0.583. The second kappa shape index (κ2) is 4.89. The van der Waals surface area contributed by atoms with Crippen molar-refractivity contribution in [3.8, 4) is 0 Å². The zero-order valence-corrected chi connectivity index (χ0v) is 10.6. The molecule has 6 nitrogen and oxygen atoms in total. The molecule has 0 atom stereocenters. The number of nitrogens with one attached hydrogen (secondary N) is 1. The van der Waals surface area contributed by atoms with Gasteiger partial charge in [0.05, 0.1) is 6.54 Å². The maximum absolute atomic E-state index is 4.45. The standard InChI is InChI=1S/C12H18N6/c1-17-7-5-13-12(17)4-6-18-9-15-11(16-18)8-14-10-2-3-10/h5,7,9-10,14H,2-4,6,8H2,1H3. The quantitative estimate of drug-likeness (QED) is 0.806. The zero-order valence-electron chi connectivity index (χ0n) is 10.6. The first kappa shape index (κ1) is 11.4. The second-order valence-electron chi connectivity index (χ2n) is 4.78. The first-order valence-corrected chi connectivity index (χ1v) is 6.39. The predicted molar refractivity (Wildman–Crippen MR) is 66.8 cm³/mol. The fourth-order valence-electron chi connectivity index (χ4n) is 1.90. The third-order valence-electron chi connectivity index (χ3n) is 3.20. The Balaban J connectivity index is 1.51. The molecule has 2 aromatic rings. The predicted octanol–water partition coefficient (Wildman–Crippen LogP) is 0.506. The molecule has 0 saturated heterocycles. The first-order valence-electron chi connectivity index (χ1n) is 6.39. The van der Waals surface area contributed by atoms with Crippen LogP contribution in [0.2, 0.25) is 0 Å². The normalized spacial score (nSPS) is 15.2. The lowest BCUT2D eigenvalue weighted by molar-refractivity contribution is 0.573. The Labute approximate surface area is 106 Å². The van der Waals surface area contributed by atoms with Crippen molar-refractivity contribution in [2.75, 3.05) is 0 Å². The number of rotatable bonds is 6. The first-order chi connectivity index (χ1) is 8.81. The van der Waals surface area contributed by atoms with E-state index in [4.69, 9.17) is 0 Å². The van der Waals surface area contributed by atoms with Gasteiger partial charge in [-0.2, -0.15) is 5.10 Å². The molecule has 1 aliphatic rings. The van der Waals surface area contributed by atoms with Gasteiger partial charge in [-0.05, 0) is 12.8 Å². The molecule has 2 heterocycles. The van der Waals surface area contributed by atoms with Gasteiger partial charge < -0.3 is 9.88 Å². The van der Waals surface area contributed by atoms with E-state index in [1.54, 1.807) is 6.33 Å². The number of aromatic nitrogens is 5. The van der Waals surface area contributed by atoms with Gasteiger partial charge in [0.15, 0.2) is 5.82 Å². The molecule has 3 rings (SSSR count). The minimum atomic E-state index is 0.699. The van der Waals surface area contributed by atoms with Crippen LogP contribution < -0.4 is 5.32 Å². The Bertz CT molecular complexity index is 510. The van der Waals surface area contributed by atoms with E-state index in [2.05, 4.69) is 20.4 Å². The molecular formula is C12H18N6. The topological polar surface area (TPSA) is 60.6 Å². The number of nitrogens with zero attached hydrogens (tertiary/aromatic N) is 5. The van der Waals surface area contributed by atoms with Crippen LogP contribution in [-0.2, 0) is 26.6 Å². The van der Waals surface area contributed by atoms with Crippen molar-refractivity contribution in [2.24, 2.45) is 7.05 Å². The summed E-state index contributed by atoms with van der Waals surface area (Å²) in [6.07, 6.45) is 9.04. The Kier molecular flexibility index (Phi) is 3.10. The average molecular weight is 246 g/mol. The summed E-state index contributed by atoms with van der Waals surface area (Å²) in [7, 11) is 2.01. The summed E-state index contributed by atoms with van der Waals surface area (Å²) in [5.41, 5.74) is 0. The summed E-state index contributed by atoms with van der Waals surface area (Å²) >= 11 is 0. The van der Waals surface area contributed by atoms with Gasteiger partial charge in [-0.25, -0.2) is 9.97 Å². The highest BCUT2D eigenvalue weighted by molar-refractivity contribution is 4.91. The third kappa shape index (κ3) is 2.76. The summed E-state index contributed by atoms with van der Waals surface area (Å²) in [6.45, 7) is 1.60. The highest BCUT2D eigenvalue weighted by atomic mass is 15.3. The van der Waals surface area contributed by atoms with Crippen molar-refractivity contribution in [3.05, 3.63) is 30.4 Å². The zero-order chi connectivity index (χ0) is 12.4. The summed E-state index contributed by atoms with van der Waals surface area (Å²) in [5.74, 6) is 1.95. The molecule has 2 aromatic heterocycles. The Morgan fingerprint density at radius 3 is 3.00 bits per heavy atom. The molecule has 0 bridgehead atoms. The van der Waals surface area contributed by atoms with E-state index in [1.165, 1.54) is 12.8 Å². The molecule has 1 aliphatic carbocycles. The minimum absolute atomic E-state index is 0.699. The summed E-state index contributed by atoms with van der Waals surface area (Å²) < 4.78 is 3.92. The van der Waals surface area contributed by atoms with Gasteiger partial charge >= 0.3 is 0 Å². The smallest absolute Gasteiger partial charge is 0.164 e. The van der Waals surface area contributed by atoms with Gasteiger partial charge in [-0.3, -0.25) is 4.68 Å². The van der Waals surface area contributed by atoms with Crippen LogP contribution >= 0.6 is 0 Å². The van der Waals surface area contributed by atoms with Gasteiger partial charge in [0.25, 0.3) is 0 Å². The van der Waals surface area contributed by atoms with E-state index in [1.807, 2.05) is 28.7 Å². The van der Waals surface area contributed by atoms with Crippen molar-refractivity contribution in [1.82, 2.24) is 29.6 Å². The maximum Gasteiger partial charge on any atom is 0.164 e. The van der Waals surface area contributed by atoms with Crippen molar-refractivity contribution < 1.29 is 0 Å². The lowest BCUT2D eigenvalue weighted by Crippen LogP contribution is -2.16. The largest absolute Gasteiger partial charge is 0.338 e. The minimum Gasteiger partial charge on any atom is -0.338 e. The van der Waals surface area contributed by atoms with Crippen molar-refractivity contribution >= 4 is 0 Å². The molecule has 0 spiro atoms. The molecule has 1 N–H and O–H groups in total. The molecule has 0 radical (unpaired) electrons. The molecule has 1 fully saturated rings. The molecule has 96 valence electrons. The molecule has 6 heteroatoms. The van der Waals surface area contributed by atoms with Crippen LogP contribution in [0.1, 0.15) is 24.5 Å². The van der Waals surface area contributed by atoms with Gasteiger partial charge in [-0.1, -0.05) is 0 Å². The number of imidazole rings is 1. The number of aryl methyl sites for hydroxylation is 3. The van der Waals surface area contributed by atoms with Crippen LogP contribution in [0.4, 0.5) is 0 Å². The van der Waals surface area contributed by atoms with Crippen LogP contribution in [0.3, 0.4) is 0 Å². The summed E-state index contributed by atoms with van der Waals surface area (Å²) in [5, 5.41) is 7.86. The number of hydrogen-bond acceptors (Lipinski definition) is 4. The van der Waals surface area contributed by atoms with Crippen LogP contribution in [0.25, 0.3) is 0 Å². The van der Waals surface area contributed by atoms with Crippen LogP contribution in [0.5, 0.6) is 0 Å². The third-order valence-corrected chi connectivity index (χ3v) is 3.20. The lowest BCUT2D eigenvalue weighted by atomic mass is 10.4. The van der Waals surface area contributed by atoms with Gasteiger partial charge in [-0.15, -0.1) is 0 Å². The van der Waals surface area contributed by atoms with E-state index in [9.17, 15) is 0 Å². The lowest BCUT2D eigenvalue weighted by Gasteiger charge is -2.01. The molecule has 1 saturated carbocycles. The summed E-state index contributed by atoms with van der Waals surface area (Å²) in [4.78, 5) is 8.59. The van der Waals surface area contributed by atoms with E-state index in [0.717, 1.165) is 31.2 Å². The van der Waals surface area contributed by atoms with Crippen molar-refractivity contribution in [2.45, 2.75) is 38.4 Å². The van der Waals surface area contributed by atoms with Crippen LogP contribution in [0, 0.1) is 0 Å². The van der Waals surface area contributed by atoms with E-state index in [-0.39, 0.29) is 0 Å². The Hall–Kier alpha value is -1.69. The van der Waals surface area contributed by atoms with Crippen LogP contribution in [-0.4, -0.2) is 30.4 Å². The molecular weight excluding hydrogens is 228 g/mol. The Morgan fingerprint density at radius 2 is 2.28 bits per heavy atom. The number of hydrogen-bond donors (Lipinski definition) is 1. The molecule has 18 heavy (non-hydrogen) atoms. The molecule has 0 aromatic carbocycles.